The molecular formula is C29H26N2OS. The van der Waals surface area contributed by atoms with E-state index >= 15 is 0 Å². The molecule has 0 bridgehead atoms. The van der Waals surface area contributed by atoms with E-state index in [-0.39, 0.29) is 0 Å². The molecule has 0 radical (unpaired) electrons. The maximum absolute atomic E-state index is 6.27. The summed E-state index contributed by atoms with van der Waals surface area (Å²) < 4.78 is 5.57. The molecule has 1 saturated heterocycles. The molecule has 0 amide bonds. The Labute approximate surface area is 200 Å². The van der Waals surface area contributed by atoms with Gasteiger partial charge in [-0.1, -0.05) is 97.1 Å². The van der Waals surface area contributed by atoms with Gasteiger partial charge in [0.1, 0.15) is 4.99 Å². The molecule has 0 aromatic heterocycles. The highest BCUT2D eigenvalue weighted by Gasteiger charge is 2.22. The standard InChI is InChI=1S/C29H26N2OS/c33-29(27(24-10-3-1-4-11-24)22-30-18-20-32-21-19-30)31(25-14-5-2-6-15-25)28-17-9-13-23-12-7-8-16-26(23)28/h1-17,22H,18-21H2/b27-22+. The summed E-state index contributed by atoms with van der Waals surface area (Å²) in [5, 5.41) is 2.36. The first kappa shape index (κ1) is 21.4. The van der Waals surface area contributed by atoms with Gasteiger partial charge in [0.15, 0.2) is 0 Å². The van der Waals surface area contributed by atoms with Crippen LogP contribution in [-0.4, -0.2) is 36.2 Å². The molecular weight excluding hydrogens is 424 g/mol. The molecule has 0 saturated carbocycles. The van der Waals surface area contributed by atoms with Crippen LogP contribution in [0.5, 0.6) is 0 Å². The molecule has 5 rings (SSSR count). The van der Waals surface area contributed by atoms with Crippen molar-refractivity contribution in [1.29, 1.82) is 0 Å². The zero-order valence-electron chi connectivity index (χ0n) is 18.4. The molecule has 1 aliphatic heterocycles. The minimum absolute atomic E-state index is 0.733. The normalized spacial score (nSPS) is 14.3. The van der Waals surface area contributed by atoms with Crippen molar-refractivity contribution in [3.05, 3.63) is 115 Å². The topological polar surface area (TPSA) is 15.7 Å². The summed E-state index contributed by atoms with van der Waals surface area (Å²) in [6.07, 6.45) is 2.21. The average Bonchev–Trinajstić information content (AvgIpc) is 2.89. The lowest BCUT2D eigenvalue weighted by atomic mass is 10.0. The predicted octanol–water partition coefficient (Wildman–Crippen LogP) is 6.68. The maximum Gasteiger partial charge on any atom is 0.120 e. The highest BCUT2D eigenvalue weighted by molar-refractivity contribution is 7.81. The van der Waals surface area contributed by atoms with E-state index in [9.17, 15) is 0 Å². The number of hydrogen-bond acceptors (Lipinski definition) is 3. The summed E-state index contributed by atoms with van der Waals surface area (Å²) in [5.41, 5.74) is 4.26. The number of nitrogens with zero attached hydrogens (tertiary/aromatic N) is 2. The summed E-state index contributed by atoms with van der Waals surface area (Å²) in [4.78, 5) is 5.29. The molecule has 1 heterocycles. The Bertz CT molecular complexity index is 1260. The molecule has 0 atom stereocenters. The molecule has 4 heteroatoms. The fraction of sp³-hybridized carbons (Fsp3) is 0.138. The Hall–Kier alpha value is -3.47. The molecule has 0 spiro atoms. The van der Waals surface area contributed by atoms with Crippen LogP contribution >= 0.6 is 12.2 Å². The molecule has 4 aromatic rings. The van der Waals surface area contributed by atoms with Crippen molar-refractivity contribution in [1.82, 2.24) is 4.90 Å². The van der Waals surface area contributed by atoms with Gasteiger partial charge in [-0.05, 0) is 29.1 Å². The van der Waals surface area contributed by atoms with E-state index in [4.69, 9.17) is 17.0 Å². The van der Waals surface area contributed by atoms with Crippen molar-refractivity contribution in [3.63, 3.8) is 0 Å². The molecule has 164 valence electrons. The van der Waals surface area contributed by atoms with Crippen LogP contribution in [0.3, 0.4) is 0 Å². The second-order valence-corrected chi connectivity index (χ2v) is 8.42. The molecule has 1 fully saturated rings. The SMILES string of the molecule is S=C(/C(=C/N1CCOCC1)c1ccccc1)N(c1ccccc1)c1cccc2ccccc12. The molecule has 0 aliphatic carbocycles. The molecule has 1 aliphatic rings. The largest absolute Gasteiger partial charge is 0.378 e. The van der Waals surface area contributed by atoms with Gasteiger partial charge in [-0.2, -0.15) is 0 Å². The van der Waals surface area contributed by atoms with Gasteiger partial charge in [0.05, 0.1) is 18.9 Å². The molecule has 33 heavy (non-hydrogen) atoms. The van der Waals surface area contributed by atoms with Crippen LogP contribution in [-0.2, 0) is 4.74 Å². The van der Waals surface area contributed by atoms with Crippen molar-refractivity contribution in [2.24, 2.45) is 0 Å². The van der Waals surface area contributed by atoms with Crippen molar-refractivity contribution in [3.8, 4) is 0 Å². The highest BCUT2D eigenvalue weighted by Crippen LogP contribution is 2.35. The van der Waals surface area contributed by atoms with Crippen LogP contribution in [0, 0.1) is 0 Å². The number of fused-ring (bicyclic) bond motifs is 1. The molecule has 3 nitrogen and oxygen atoms in total. The van der Waals surface area contributed by atoms with E-state index in [1.165, 1.54) is 10.8 Å². The third-order valence-corrected chi connectivity index (χ3v) is 6.30. The van der Waals surface area contributed by atoms with Crippen molar-refractivity contribution in [2.75, 3.05) is 31.2 Å². The summed E-state index contributed by atoms with van der Waals surface area (Å²) in [7, 11) is 0. The number of benzene rings is 4. The van der Waals surface area contributed by atoms with Crippen LogP contribution in [0.1, 0.15) is 5.56 Å². The van der Waals surface area contributed by atoms with E-state index in [0.29, 0.717) is 0 Å². The maximum atomic E-state index is 6.27. The monoisotopic (exact) mass is 450 g/mol. The zero-order chi connectivity index (χ0) is 22.5. The summed E-state index contributed by atoms with van der Waals surface area (Å²) in [5.74, 6) is 0. The Morgan fingerprint density at radius 3 is 2.15 bits per heavy atom. The van der Waals surface area contributed by atoms with Gasteiger partial charge in [0, 0.05) is 35.9 Å². The fourth-order valence-corrected chi connectivity index (χ4v) is 4.60. The van der Waals surface area contributed by atoms with E-state index in [1.807, 2.05) is 12.1 Å². The van der Waals surface area contributed by atoms with E-state index in [2.05, 4.69) is 107 Å². The summed E-state index contributed by atoms with van der Waals surface area (Å²) in [6.45, 7) is 3.19. The van der Waals surface area contributed by atoms with Gasteiger partial charge in [0.2, 0.25) is 0 Å². The number of thiocarbonyl (C=S) groups is 1. The van der Waals surface area contributed by atoms with Crippen LogP contribution in [0.15, 0.2) is 109 Å². The lowest BCUT2D eigenvalue weighted by Crippen LogP contribution is -2.34. The van der Waals surface area contributed by atoms with E-state index < -0.39 is 0 Å². The van der Waals surface area contributed by atoms with Gasteiger partial charge < -0.3 is 14.5 Å². The first-order chi connectivity index (χ1) is 16.3. The van der Waals surface area contributed by atoms with Crippen LogP contribution in [0.2, 0.25) is 0 Å². The number of rotatable bonds is 5. The molecule has 4 aromatic carbocycles. The Balaban J connectivity index is 1.67. The quantitative estimate of drug-likeness (QED) is 0.249. The smallest absolute Gasteiger partial charge is 0.120 e. The number of ether oxygens (including phenoxy) is 1. The van der Waals surface area contributed by atoms with Gasteiger partial charge in [0.25, 0.3) is 0 Å². The number of para-hydroxylation sites is 1. The van der Waals surface area contributed by atoms with Crippen molar-refractivity contribution in [2.45, 2.75) is 0 Å². The minimum Gasteiger partial charge on any atom is -0.378 e. The van der Waals surface area contributed by atoms with Crippen molar-refractivity contribution < 1.29 is 4.74 Å². The second kappa shape index (κ2) is 9.99. The molecule has 0 unspecified atom stereocenters. The molecule has 0 N–H and O–H groups in total. The first-order valence-corrected chi connectivity index (χ1v) is 11.7. The highest BCUT2D eigenvalue weighted by atomic mass is 32.1. The van der Waals surface area contributed by atoms with Crippen LogP contribution < -0.4 is 4.90 Å². The van der Waals surface area contributed by atoms with Crippen LogP contribution in [0.25, 0.3) is 16.3 Å². The third-order valence-electron chi connectivity index (χ3n) is 5.90. The average molecular weight is 451 g/mol. The fourth-order valence-electron chi connectivity index (χ4n) is 4.23. The number of anilines is 2. The van der Waals surface area contributed by atoms with Gasteiger partial charge >= 0.3 is 0 Å². The summed E-state index contributed by atoms with van der Waals surface area (Å²) in [6, 6.07) is 35.7. The van der Waals surface area contributed by atoms with Crippen LogP contribution in [0.4, 0.5) is 11.4 Å². The Morgan fingerprint density at radius 1 is 0.758 bits per heavy atom. The van der Waals surface area contributed by atoms with Gasteiger partial charge in [-0.25, -0.2) is 0 Å². The van der Waals surface area contributed by atoms with E-state index in [0.717, 1.165) is 53.8 Å². The lowest BCUT2D eigenvalue weighted by Gasteiger charge is -2.31. The lowest BCUT2D eigenvalue weighted by molar-refractivity contribution is 0.0597. The summed E-state index contributed by atoms with van der Waals surface area (Å²) >= 11 is 6.27. The Morgan fingerprint density at radius 2 is 1.39 bits per heavy atom. The van der Waals surface area contributed by atoms with E-state index in [1.54, 1.807) is 0 Å². The minimum atomic E-state index is 0.733. The second-order valence-electron chi connectivity index (χ2n) is 8.03. The third kappa shape index (κ3) is 4.68. The van der Waals surface area contributed by atoms with Gasteiger partial charge in [-0.15, -0.1) is 0 Å². The first-order valence-electron chi connectivity index (χ1n) is 11.3. The predicted molar refractivity (Wildman–Crippen MR) is 142 cm³/mol. The Kier molecular flexibility index (Phi) is 6.47. The van der Waals surface area contributed by atoms with Crippen molar-refractivity contribution >= 4 is 44.9 Å². The number of hydrogen-bond donors (Lipinski definition) is 0. The van der Waals surface area contributed by atoms with Gasteiger partial charge in [-0.3, -0.25) is 0 Å². The zero-order valence-corrected chi connectivity index (χ0v) is 19.2. The number of morpholine rings is 1.